The predicted octanol–water partition coefficient (Wildman–Crippen LogP) is 1.54. The van der Waals surface area contributed by atoms with Crippen LogP contribution in [-0.4, -0.2) is 19.9 Å². The number of hydrogen-bond donors (Lipinski definition) is 3. The molecule has 0 radical (unpaired) electrons. The summed E-state index contributed by atoms with van der Waals surface area (Å²) in [6, 6.07) is 3.93. The molecular formula is C10H9N5. The van der Waals surface area contributed by atoms with E-state index in [1.165, 1.54) is 0 Å². The minimum atomic E-state index is 0.512. The summed E-state index contributed by atoms with van der Waals surface area (Å²) < 4.78 is 0. The van der Waals surface area contributed by atoms with Crippen molar-refractivity contribution in [2.24, 2.45) is 0 Å². The van der Waals surface area contributed by atoms with Crippen molar-refractivity contribution in [1.82, 2.24) is 19.9 Å². The second kappa shape index (κ2) is 2.84. The molecule has 0 aliphatic heterocycles. The molecule has 0 bridgehead atoms. The van der Waals surface area contributed by atoms with Crippen molar-refractivity contribution in [3.8, 4) is 11.4 Å². The normalized spacial score (nSPS) is 10.9. The third-order valence-electron chi connectivity index (χ3n) is 2.36. The molecule has 0 atom stereocenters. The summed E-state index contributed by atoms with van der Waals surface area (Å²) >= 11 is 0. The van der Waals surface area contributed by atoms with Gasteiger partial charge < -0.3 is 15.7 Å². The van der Waals surface area contributed by atoms with E-state index in [-0.39, 0.29) is 0 Å². The van der Waals surface area contributed by atoms with Crippen LogP contribution in [0.1, 0.15) is 0 Å². The number of nitrogens with two attached hydrogens (primary N) is 1. The zero-order chi connectivity index (χ0) is 10.3. The van der Waals surface area contributed by atoms with E-state index in [0.29, 0.717) is 5.82 Å². The van der Waals surface area contributed by atoms with Gasteiger partial charge in [-0.1, -0.05) is 0 Å². The Morgan fingerprint density at radius 1 is 1.27 bits per heavy atom. The fourth-order valence-corrected chi connectivity index (χ4v) is 1.62. The van der Waals surface area contributed by atoms with Gasteiger partial charge in [-0.25, -0.2) is 9.97 Å². The SMILES string of the molecule is Nc1nccc2cc(-c3cnc[nH]3)[nH]c12. The van der Waals surface area contributed by atoms with Crippen molar-refractivity contribution in [2.75, 3.05) is 5.73 Å². The minimum Gasteiger partial charge on any atom is -0.382 e. The van der Waals surface area contributed by atoms with Gasteiger partial charge in [-0.15, -0.1) is 0 Å². The maximum Gasteiger partial charge on any atom is 0.147 e. The molecule has 3 heterocycles. The summed E-state index contributed by atoms with van der Waals surface area (Å²) in [5, 5.41) is 1.05. The molecule has 0 fully saturated rings. The highest BCUT2D eigenvalue weighted by Gasteiger charge is 2.06. The van der Waals surface area contributed by atoms with Crippen LogP contribution in [0.15, 0.2) is 30.9 Å². The van der Waals surface area contributed by atoms with E-state index in [2.05, 4.69) is 19.9 Å². The molecule has 0 spiro atoms. The quantitative estimate of drug-likeness (QED) is 0.555. The largest absolute Gasteiger partial charge is 0.382 e. The zero-order valence-corrected chi connectivity index (χ0v) is 7.86. The number of nitrogens with one attached hydrogen (secondary N) is 2. The Bertz CT molecular complexity index is 593. The van der Waals surface area contributed by atoms with Gasteiger partial charge in [-0.05, 0) is 12.1 Å². The molecule has 3 rings (SSSR count). The molecule has 0 aliphatic carbocycles. The lowest BCUT2D eigenvalue weighted by molar-refractivity contribution is 1.30. The Balaban J connectivity index is 2.27. The van der Waals surface area contributed by atoms with Gasteiger partial charge in [0.25, 0.3) is 0 Å². The van der Waals surface area contributed by atoms with Gasteiger partial charge in [0.1, 0.15) is 5.82 Å². The highest BCUT2D eigenvalue weighted by atomic mass is 14.9. The number of aromatic nitrogens is 4. The highest BCUT2D eigenvalue weighted by Crippen LogP contribution is 2.24. The van der Waals surface area contributed by atoms with Gasteiger partial charge in [-0.3, -0.25) is 0 Å². The van der Waals surface area contributed by atoms with E-state index < -0.39 is 0 Å². The Morgan fingerprint density at radius 2 is 2.20 bits per heavy atom. The summed E-state index contributed by atoms with van der Waals surface area (Å²) in [6.45, 7) is 0. The van der Waals surface area contributed by atoms with Gasteiger partial charge in [0, 0.05) is 11.6 Å². The highest BCUT2D eigenvalue weighted by molar-refractivity contribution is 5.91. The summed E-state index contributed by atoms with van der Waals surface area (Å²) in [7, 11) is 0. The molecule has 0 saturated heterocycles. The van der Waals surface area contributed by atoms with Crippen LogP contribution in [-0.2, 0) is 0 Å². The van der Waals surface area contributed by atoms with Crippen LogP contribution in [0.3, 0.4) is 0 Å². The number of fused-ring (bicyclic) bond motifs is 1. The number of rotatable bonds is 1. The number of aromatic amines is 2. The molecule has 3 aromatic heterocycles. The van der Waals surface area contributed by atoms with Crippen LogP contribution in [0.4, 0.5) is 5.82 Å². The molecular weight excluding hydrogens is 190 g/mol. The second-order valence-electron chi connectivity index (χ2n) is 3.31. The van der Waals surface area contributed by atoms with E-state index in [1.54, 1.807) is 18.7 Å². The standard InChI is InChI=1S/C10H9N5/c11-10-9-6(1-2-13-10)3-7(15-9)8-4-12-5-14-8/h1-5,15H,(H2,11,13)(H,12,14). The molecule has 0 aromatic carbocycles. The van der Waals surface area contributed by atoms with E-state index >= 15 is 0 Å². The Morgan fingerprint density at radius 3 is 2.93 bits per heavy atom. The topological polar surface area (TPSA) is 83.4 Å². The van der Waals surface area contributed by atoms with Crippen LogP contribution >= 0.6 is 0 Å². The van der Waals surface area contributed by atoms with Crippen LogP contribution < -0.4 is 5.73 Å². The number of pyridine rings is 1. The Labute approximate surface area is 85.4 Å². The molecule has 5 heteroatoms. The lowest BCUT2D eigenvalue weighted by atomic mass is 10.3. The molecule has 0 aliphatic rings. The summed E-state index contributed by atoms with van der Waals surface area (Å²) in [4.78, 5) is 14.2. The Hall–Kier alpha value is -2.30. The van der Waals surface area contributed by atoms with E-state index in [1.807, 2.05) is 12.1 Å². The molecule has 0 unspecified atom stereocenters. The first kappa shape index (κ1) is 8.05. The second-order valence-corrected chi connectivity index (χ2v) is 3.31. The average Bonchev–Trinajstić information content (AvgIpc) is 2.86. The fourth-order valence-electron chi connectivity index (χ4n) is 1.62. The monoisotopic (exact) mass is 199 g/mol. The molecule has 0 amide bonds. The van der Waals surface area contributed by atoms with Crippen molar-refractivity contribution in [1.29, 1.82) is 0 Å². The van der Waals surface area contributed by atoms with E-state index in [0.717, 1.165) is 22.3 Å². The van der Waals surface area contributed by atoms with Crippen LogP contribution in [0.5, 0.6) is 0 Å². The number of H-pyrrole nitrogens is 2. The number of hydrogen-bond acceptors (Lipinski definition) is 3. The average molecular weight is 199 g/mol. The first-order valence-corrected chi connectivity index (χ1v) is 4.56. The van der Waals surface area contributed by atoms with Gasteiger partial charge in [0.2, 0.25) is 0 Å². The van der Waals surface area contributed by atoms with Crippen molar-refractivity contribution in [3.05, 3.63) is 30.9 Å². The van der Waals surface area contributed by atoms with Gasteiger partial charge >= 0.3 is 0 Å². The van der Waals surface area contributed by atoms with Crippen molar-refractivity contribution >= 4 is 16.7 Å². The van der Waals surface area contributed by atoms with Gasteiger partial charge in [-0.2, -0.15) is 0 Å². The molecule has 74 valence electrons. The van der Waals surface area contributed by atoms with E-state index in [9.17, 15) is 0 Å². The van der Waals surface area contributed by atoms with Crippen LogP contribution in [0.25, 0.3) is 22.3 Å². The molecule has 3 aromatic rings. The van der Waals surface area contributed by atoms with Crippen molar-refractivity contribution < 1.29 is 0 Å². The molecule has 15 heavy (non-hydrogen) atoms. The fraction of sp³-hybridized carbons (Fsp3) is 0. The summed E-state index contributed by atoms with van der Waals surface area (Å²) in [5.74, 6) is 0.512. The van der Waals surface area contributed by atoms with Crippen LogP contribution in [0, 0.1) is 0 Å². The smallest absolute Gasteiger partial charge is 0.147 e. The first-order chi connectivity index (χ1) is 7.34. The van der Waals surface area contributed by atoms with Gasteiger partial charge in [0.05, 0.1) is 29.4 Å². The maximum atomic E-state index is 5.75. The predicted molar refractivity (Wildman–Crippen MR) is 58.1 cm³/mol. The number of nitrogen functional groups attached to an aromatic ring is 1. The lowest BCUT2D eigenvalue weighted by Crippen LogP contribution is -1.89. The van der Waals surface area contributed by atoms with Crippen molar-refractivity contribution in [3.63, 3.8) is 0 Å². The zero-order valence-electron chi connectivity index (χ0n) is 7.86. The van der Waals surface area contributed by atoms with E-state index in [4.69, 9.17) is 5.73 Å². The first-order valence-electron chi connectivity index (χ1n) is 4.56. The summed E-state index contributed by atoms with van der Waals surface area (Å²) in [5.41, 5.74) is 8.51. The summed E-state index contributed by atoms with van der Waals surface area (Å²) in [6.07, 6.45) is 5.10. The third-order valence-corrected chi connectivity index (χ3v) is 2.36. The maximum absolute atomic E-state index is 5.75. The molecule has 4 N–H and O–H groups in total. The number of nitrogens with zero attached hydrogens (tertiary/aromatic N) is 2. The minimum absolute atomic E-state index is 0.512. The van der Waals surface area contributed by atoms with Crippen LogP contribution in [0.2, 0.25) is 0 Å². The number of imidazole rings is 1. The van der Waals surface area contributed by atoms with Crippen molar-refractivity contribution in [2.45, 2.75) is 0 Å². The third kappa shape index (κ3) is 1.17. The van der Waals surface area contributed by atoms with Gasteiger partial charge in [0.15, 0.2) is 0 Å². The molecule has 5 nitrogen and oxygen atoms in total. The molecule has 0 saturated carbocycles. The Kier molecular flexibility index (Phi) is 1.53. The lowest BCUT2D eigenvalue weighted by Gasteiger charge is -1.92. The number of anilines is 1.